The van der Waals surface area contributed by atoms with E-state index >= 15 is 0 Å². The Labute approximate surface area is 115 Å². The standard InChI is InChI=1S/C15H13N3O2/c1-10(14-7-4-8-20-14)17-18-15(19)12-9-16-13-6-3-2-5-11(12)13/h2-9,16H,1H3,(H,18,19). The van der Waals surface area contributed by atoms with Crippen molar-refractivity contribution in [2.24, 2.45) is 5.10 Å². The molecule has 0 radical (unpaired) electrons. The van der Waals surface area contributed by atoms with Gasteiger partial charge >= 0.3 is 0 Å². The highest BCUT2D eigenvalue weighted by Crippen LogP contribution is 2.17. The molecule has 100 valence electrons. The van der Waals surface area contributed by atoms with Crippen LogP contribution in [0.4, 0.5) is 0 Å². The average Bonchev–Trinajstić information content (AvgIpc) is 3.13. The van der Waals surface area contributed by atoms with Crippen LogP contribution < -0.4 is 5.43 Å². The summed E-state index contributed by atoms with van der Waals surface area (Å²) in [5.41, 5.74) is 4.64. The van der Waals surface area contributed by atoms with E-state index < -0.39 is 0 Å². The van der Waals surface area contributed by atoms with Crippen LogP contribution in [0, 0.1) is 0 Å². The van der Waals surface area contributed by atoms with Crippen LogP contribution in [0.15, 0.2) is 58.4 Å². The second-order valence-corrected chi connectivity index (χ2v) is 4.36. The summed E-state index contributed by atoms with van der Waals surface area (Å²) in [4.78, 5) is 15.2. The Bertz CT molecular complexity index is 769. The van der Waals surface area contributed by atoms with E-state index in [0.717, 1.165) is 10.9 Å². The summed E-state index contributed by atoms with van der Waals surface area (Å²) in [5, 5.41) is 4.91. The molecule has 0 saturated heterocycles. The molecule has 3 aromatic rings. The lowest BCUT2D eigenvalue weighted by atomic mass is 10.2. The third kappa shape index (κ3) is 2.21. The second-order valence-electron chi connectivity index (χ2n) is 4.36. The van der Waals surface area contributed by atoms with Gasteiger partial charge in [0.25, 0.3) is 5.91 Å². The molecule has 2 aromatic heterocycles. The lowest BCUT2D eigenvalue weighted by Crippen LogP contribution is -2.18. The lowest BCUT2D eigenvalue weighted by molar-refractivity contribution is 0.0956. The minimum Gasteiger partial charge on any atom is -0.463 e. The summed E-state index contributed by atoms with van der Waals surface area (Å²) in [6, 6.07) is 11.2. The molecule has 2 N–H and O–H groups in total. The molecule has 5 heteroatoms. The molecule has 3 rings (SSSR count). The summed E-state index contributed by atoms with van der Waals surface area (Å²) in [6.07, 6.45) is 3.24. The first-order valence-electron chi connectivity index (χ1n) is 6.20. The first-order chi connectivity index (χ1) is 9.75. The summed E-state index contributed by atoms with van der Waals surface area (Å²) < 4.78 is 5.20. The molecule has 0 fully saturated rings. The van der Waals surface area contributed by atoms with Crippen molar-refractivity contribution in [1.29, 1.82) is 0 Å². The number of rotatable bonds is 3. The summed E-state index contributed by atoms with van der Waals surface area (Å²) in [7, 11) is 0. The predicted octanol–water partition coefficient (Wildman–Crippen LogP) is 2.91. The SMILES string of the molecule is CC(=NNC(=O)c1c[nH]c2ccccc12)c1ccco1. The number of H-pyrrole nitrogens is 1. The van der Waals surface area contributed by atoms with Crippen LogP contribution in [0.2, 0.25) is 0 Å². The number of aromatic amines is 1. The Hall–Kier alpha value is -2.82. The van der Waals surface area contributed by atoms with E-state index in [9.17, 15) is 4.79 Å². The van der Waals surface area contributed by atoms with Crippen molar-refractivity contribution >= 4 is 22.5 Å². The van der Waals surface area contributed by atoms with Crippen LogP contribution in [-0.4, -0.2) is 16.6 Å². The van der Waals surface area contributed by atoms with Crippen LogP contribution in [0.5, 0.6) is 0 Å². The van der Waals surface area contributed by atoms with Crippen molar-refractivity contribution in [3.05, 3.63) is 60.2 Å². The van der Waals surface area contributed by atoms with Crippen molar-refractivity contribution in [1.82, 2.24) is 10.4 Å². The van der Waals surface area contributed by atoms with E-state index in [1.807, 2.05) is 24.3 Å². The highest BCUT2D eigenvalue weighted by molar-refractivity contribution is 6.07. The second kappa shape index (κ2) is 5.05. The molecular formula is C15H13N3O2. The van der Waals surface area contributed by atoms with E-state index in [4.69, 9.17) is 4.42 Å². The summed E-state index contributed by atoms with van der Waals surface area (Å²) in [5.74, 6) is 0.373. The maximum absolute atomic E-state index is 12.1. The number of nitrogens with one attached hydrogen (secondary N) is 2. The molecule has 0 aliphatic rings. The van der Waals surface area contributed by atoms with E-state index in [1.165, 1.54) is 0 Å². The normalized spacial score (nSPS) is 11.8. The number of nitrogens with zero attached hydrogens (tertiary/aromatic N) is 1. The van der Waals surface area contributed by atoms with Gasteiger partial charge in [-0.25, -0.2) is 5.43 Å². The van der Waals surface area contributed by atoms with Crippen molar-refractivity contribution < 1.29 is 9.21 Å². The fourth-order valence-electron chi connectivity index (χ4n) is 1.99. The van der Waals surface area contributed by atoms with E-state index in [-0.39, 0.29) is 5.91 Å². The average molecular weight is 267 g/mol. The van der Waals surface area contributed by atoms with E-state index in [0.29, 0.717) is 17.0 Å². The summed E-state index contributed by atoms with van der Waals surface area (Å²) in [6.45, 7) is 1.77. The van der Waals surface area contributed by atoms with E-state index in [2.05, 4.69) is 15.5 Å². The maximum atomic E-state index is 12.1. The number of fused-ring (bicyclic) bond motifs is 1. The van der Waals surface area contributed by atoms with Crippen LogP contribution in [-0.2, 0) is 0 Å². The van der Waals surface area contributed by atoms with Crippen molar-refractivity contribution in [2.75, 3.05) is 0 Å². The molecule has 2 heterocycles. The number of hydrogen-bond donors (Lipinski definition) is 2. The molecule has 0 aliphatic carbocycles. The van der Waals surface area contributed by atoms with Gasteiger partial charge in [-0.3, -0.25) is 4.79 Å². The molecular weight excluding hydrogens is 254 g/mol. The topological polar surface area (TPSA) is 70.4 Å². The van der Waals surface area contributed by atoms with E-state index in [1.54, 1.807) is 31.5 Å². The molecule has 0 bridgehead atoms. The van der Waals surface area contributed by atoms with Gasteiger partial charge in [-0.1, -0.05) is 18.2 Å². The number of benzene rings is 1. The van der Waals surface area contributed by atoms with Gasteiger partial charge in [0.2, 0.25) is 0 Å². The van der Waals surface area contributed by atoms with Gasteiger partial charge in [-0.05, 0) is 25.1 Å². The fraction of sp³-hybridized carbons (Fsp3) is 0.0667. The molecule has 1 amide bonds. The largest absolute Gasteiger partial charge is 0.463 e. The zero-order chi connectivity index (χ0) is 13.9. The first kappa shape index (κ1) is 12.2. The fourth-order valence-corrected chi connectivity index (χ4v) is 1.99. The number of para-hydroxylation sites is 1. The molecule has 0 unspecified atom stereocenters. The van der Waals surface area contributed by atoms with Crippen molar-refractivity contribution in [3.8, 4) is 0 Å². The van der Waals surface area contributed by atoms with Gasteiger partial charge in [0, 0.05) is 17.1 Å². The van der Waals surface area contributed by atoms with Crippen LogP contribution in [0.3, 0.4) is 0 Å². The quantitative estimate of drug-likeness (QED) is 0.565. The number of hydrogen-bond acceptors (Lipinski definition) is 3. The number of amides is 1. The molecule has 0 aliphatic heterocycles. The minimum atomic E-state index is -0.256. The van der Waals surface area contributed by atoms with Crippen LogP contribution >= 0.6 is 0 Å². The molecule has 0 saturated carbocycles. The van der Waals surface area contributed by atoms with Gasteiger partial charge < -0.3 is 9.40 Å². The van der Waals surface area contributed by atoms with Crippen LogP contribution in [0.1, 0.15) is 23.0 Å². The third-order valence-electron chi connectivity index (χ3n) is 3.04. The predicted molar refractivity (Wildman–Crippen MR) is 76.7 cm³/mol. The maximum Gasteiger partial charge on any atom is 0.273 e. The number of carbonyl (C=O) groups excluding carboxylic acids is 1. The first-order valence-corrected chi connectivity index (χ1v) is 6.20. The minimum absolute atomic E-state index is 0.256. The number of hydrazone groups is 1. The Morgan fingerprint density at radius 3 is 2.90 bits per heavy atom. The zero-order valence-electron chi connectivity index (χ0n) is 10.9. The highest BCUT2D eigenvalue weighted by atomic mass is 16.3. The van der Waals surface area contributed by atoms with Crippen LogP contribution in [0.25, 0.3) is 10.9 Å². The van der Waals surface area contributed by atoms with Gasteiger partial charge in [0.15, 0.2) is 0 Å². The molecule has 5 nitrogen and oxygen atoms in total. The Kier molecular flexibility index (Phi) is 3.09. The third-order valence-corrected chi connectivity index (χ3v) is 3.04. The Balaban J connectivity index is 1.82. The smallest absolute Gasteiger partial charge is 0.273 e. The Morgan fingerprint density at radius 1 is 1.25 bits per heavy atom. The molecule has 20 heavy (non-hydrogen) atoms. The lowest BCUT2D eigenvalue weighted by Gasteiger charge is -2.00. The molecule has 0 atom stereocenters. The summed E-state index contributed by atoms with van der Waals surface area (Å²) >= 11 is 0. The molecule has 0 spiro atoms. The number of aromatic nitrogens is 1. The monoisotopic (exact) mass is 267 g/mol. The van der Waals surface area contributed by atoms with Crippen molar-refractivity contribution in [2.45, 2.75) is 6.92 Å². The van der Waals surface area contributed by atoms with Gasteiger partial charge in [-0.15, -0.1) is 0 Å². The van der Waals surface area contributed by atoms with Gasteiger partial charge in [0.1, 0.15) is 11.5 Å². The number of carbonyl (C=O) groups is 1. The number of furan rings is 1. The highest BCUT2D eigenvalue weighted by Gasteiger charge is 2.11. The molecule has 1 aromatic carbocycles. The Morgan fingerprint density at radius 2 is 2.10 bits per heavy atom. The zero-order valence-corrected chi connectivity index (χ0v) is 10.9. The van der Waals surface area contributed by atoms with Gasteiger partial charge in [-0.2, -0.15) is 5.10 Å². The van der Waals surface area contributed by atoms with Gasteiger partial charge in [0.05, 0.1) is 11.8 Å². The van der Waals surface area contributed by atoms with Crippen molar-refractivity contribution in [3.63, 3.8) is 0 Å².